The number of unbranched alkanes of at least 4 members (excludes halogenated alkanes) is 1. The Morgan fingerprint density at radius 1 is 0.727 bits per heavy atom. The van der Waals surface area contributed by atoms with Crippen LogP contribution in [-0.2, 0) is 41.6 Å². The number of ether oxygens (including phenoxy) is 1. The van der Waals surface area contributed by atoms with Gasteiger partial charge in [-0.15, -0.1) is 0 Å². The van der Waals surface area contributed by atoms with E-state index in [0.29, 0.717) is 38.5 Å². The lowest BCUT2D eigenvalue weighted by Gasteiger charge is -2.27. The van der Waals surface area contributed by atoms with E-state index in [2.05, 4.69) is 15.5 Å². The minimum atomic E-state index is -0.806. The van der Waals surface area contributed by atoms with Crippen LogP contribution in [0.25, 0.3) is 0 Å². The Bertz CT molecular complexity index is 1520. The number of carbonyl (C=O) groups excluding carboxylic acids is 5. The van der Waals surface area contributed by atoms with Gasteiger partial charge in [0.25, 0.3) is 0 Å². The second-order valence-corrected chi connectivity index (χ2v) is 17.2. The van der Waals surface area contributed by atoms with Crippen LogP contribution in [0.1, 0.15) is 110 Å². The number of amides is 2. The molecule has 1 unspecified atom stereocenters. The van der Waals surface area contributed by atoms with Gasteiger partial charge in [0.05, 0.1) is 25.3 Å². The van der Waals surface area contributed by atoms with Crippen LogP contribution in [0.3, 0.4) is 0 Å². The van der Waals surface area contributed by atoms with Crippen LogP contribution in [0.5, 0.6) is 0 Å². The maximum absolute atomic E-state index is 14.3. The monoisotopic (exact) mass is 758 g/mol. The first kappa shape index (κ1) is 44.0. The molecule has 1 heterocycles. The molecule has 0 aromatic heterocycles. The summed E-state index contributed by atoms with van der Waals surface area (Å²) in [6, 6.07) is 18.1. The fourth-order valence-corrected chi connectivity index (χ4v) is 7.59. The number of hydrogen-bond acceptors (Lipinski definition) is 7. The van der Waals surface area contributed by atoms with E-state index >= 15 is 0 Å². The Labute approximate surface area is 330 Å². The summed E-state index contributed by atoms with van der Waals surface area (Å²) in [4.78, 5) is 71.7. The van der Waals surface area contributed by atoms with Crippen LogP contribution < -0.4 is 10.6 Å². The zero-order valence-corrected chi connectivity index (χ0v) is 34.2. The molecule has 1 aliphatic heterocycles. The van der Waals surface area contributed by atoms with Crippen molar-refractivity contribution in [3.05, 3.63) is 71.8 Å². The molecule has 302 valence electrons. The molecule has 9 nitrogen and oxygen atoms in total. The third-order valence-corrected chi connectivity index (χ3v) is 11.2. The van der Waals surface area contributed by atoms with Crippen LogP contribution in [0.4, 0.5) is 0 Å². The first-order valence-corrected chi connectivity index (χ1v) is 20.9. The number of nitrogens with one attached hydrogen (secondary N) is 2. The fraction of sp³-hybridized carbons (Fsp3) is 0.630. The third-order valence-electron chi connectivity index (χ3n) is 11.2. The molecule has 0 radical (unpaired) electrons. The van der Waals surface area contributed by atoms with Crippen molar-refractivity contribution in [3.63, 3.8) is 0 Å². The van der Waals surface area contributed by atoms with E-state index in [1.54, 1.807) is 0 Å². The lowest BCUT2D eigenvalue weighted by Crippen LogP contribution is -2.49. The van der Waals surface area contributed by atoms with Crippen molar-refractivity contribution in [1.29, 1.82) is 0 Å². The van der Waals surface area contributed by atoms with Gasteiger partial charge in [-0.2, -0.15) is 0 Å². The zero-order chi connectivity index (χ0) is 39.8. The molecule has 2 amide bonds. The lowest BCUT2D eigenvalue weighted by atomic mass is 9.87. The standard InChI is InChI=1S/C46H67N3O6/c1-33(2)28-40(42(51)32-38(30-36-16-10-7-11-17-36)45(54)48-41(29-34(3)4)43(52)46(5)21-22-46)47-44(53)37(20-19-35-14-8-6-9-15-35)31-39(50)18-12-13-23-49-24-26-55-27-25-49/h6-11,14-17,33-34,37-38,40-41H,12-13,18-32H2,1-5H3,(H,47,53)(H,48,54)/t37?,38-,40+,41+/m1/s1. The molecule has 1 saturated heterocycles. The highest BCUT2D eigenvalue weighted by Gasteiger charge is 2.48. The van der Waals surface area contributed by atoms with Crippen molar-refractivity contribution in [3.8, 4) is 0 Å². The summed E-state index contributed by atoms with van der Waals surface area (Å²) >= 11 is 0. The average molecular weight is 758 g/mol. The summed E-state index contributed by atoms with van der Waals surface area (Å²) in [5.41, 5.74) is 1.61. The summed E-state index contributed by atoms with van der Waals surface area (Å²) in [6.07, 6.45) is 6.22. The number of rotatable bonds is 25. The first-order valence-electron chi connectivity index (χ1n) is 20.9. The van der Waals surface area contributed by atoms with Gasteiger partial charge >= 0.3 is 0 Å². The summed E-state index contributed by atoms with van der Waals surface area (Å²) in [5, 5.41) is 6.16. The predicted molar refractivity (Wildman–Crippen MR) is 217 cm³/mol. The van der Waals surface area contributed by atoms with Crippen molar-refractivity contribution < 1.29 is 28.7 Å². The van der Waals surface area contributed by atoms with Crippen LogP contribution in [0.15, 0.2) is 60.7 Å². The molecule has 2 fully saturated rings. The Morgan fingerprint density at radius 3 is 1.89 bits per heavy atom. The van der Waals surface area contributed by atoms with Gasteiger partial charge in [0, 0.05) is 49.6 Å². The Balaban J connectivity index is 1.46. The molecule has 2 aromatic carbocycles. The highest BCUT2D eigenvalue weighted by Crippen LogP contribution is 2.47. The number of hydrogen-bond donors (Lipinski definition) is 2. The molecular formula is C46H67N3O6. The minimum absolute atomic E-state index is 0.0621. The quantitative estimate of drug-likeness (QED) is 0.105. The van der Waals surface area contributed by atoms with Crippen molar-refractivity contribution in [2.45, 2.75) is 124 Å². The van der Waals surface area contributed by atoms with Gasteiger partial charge < -0.3 is 15.4 Å². The molecule has 2 N–H and O–H groups in total. The Morgan fingerprint density at radius 2 is 1.29 bits per heavy atom. The number of Topliss-reactive ketones (excluding diaryl/α,β-unsaturated/α-hetero) is 3. The number of aryl methyl sites for hydroxylation is 1. The molecule has 4 atom stereocenters. The zero-order valence-electron chi connectivity index (χ0n) is 34.2. The average Bonchev–Trinajstić information content (AvgIpc) is 3.92. The van der Waals surface area contributed by atoms with E-state index in [1.807, 2.05) is 95.3 Å². The van der Waals surface area contributed by atoms with E-state index in [4.69, 9.17) is 4.74 Å². The molecule has 1 aliphatic carbocycles. The molecule has 2 aromatic rings. The Hall–Kier alpha value is -3.69. The van der Waals surface area contributed by atoms with E-state index in [0.717, 1.165) is 69.7 Å². The SMILES string of the molecule is CC(C)C[C@H](NC(=O)C(CCc1ccccc1)CC(=O)CCCCN1CCOCC1)C(=O)C[C@@H](Cc1ccccc1)C(=O)N[C@@H](CC(C)C)C(=O)C1(C)CC1. The van der Waals surface area contributed by atoms with Crippen molar-refractivity contribution in [2.24, 2.45) is 29.1 Å². The highest BCUT2D eigenvalue weighted by molar-refractivity contribution is 5.97. The van der Waals surface area contributed by atoms with Crippen LogP contribution in [0, 0.1) is 29.1 Å². The normalized spacial score (nSPS) is 17.6. The van der Waals surface area contributed by atoms with Gasteiger partial charge in [-0.05, 0) is 87.3 Å². The van der Waals surface area contributed by atoms with E-state index in [9.17, 15) is 24.0 Å². The summed E-state index contributed by atoms with van der Waals surface area (Å²) in [7, 11) is 0. The predicted octanol–water partition coefficient (Wildman–Crippen LogP) is 6.95. The maximum Gasteiger partial charge on any atom is 0.224 e. The maximum atomic E-state index is 14.3. The topological polar surface area (TPSA) is 122 Å². The van der Waals surface area contributed by atoms with Gasteiger partial charge in [-0.25, -0.2) is 0 Å². The van der Waals surface area contributed by atoms with Gasteiger partial charge in [0.1, 0.15) is 5.78 Å². The van der Waals surface area contributed by atoms with Crippen LogP contribution in [0.2, 0.25) is 0 Å². The summed E-state index contributed by atoms with van der Waals surface area (Å²) in [6.45, 7) is 14.3. The van der Waals surface area contributed by atoms with Crippen molar-refractivity contribution in [1.82, 2.24) is 15.5 Å². The van der Waals surface area contributed by atoms with E-state index in [1.165, 1.54) is 0 Å². The third kappa shape index (κ3) is 15.4. The van der Waals surface area contributed by atoms with Crippen LogP contribution in [-0.4, -0.2) is 79.0 Å². The molecule has 0 bridgehead atoms. The van der Waals surface area contributed by atoms with E-state index in [-0.39, 0.29) is 53.8 Å². The molecular weight excluding hydrogens is 691 g/mol. The molecule has 0 spiro atoms. The smallest absolute Gasteiger partial charge is 0.224 e. The van der Waals surface area contributed by atoms with Gasteiger partial charge in [-0.1, -0.05) is 95.3 Å². The first-order chi connectivity index (χ1) is 26.3. The van der Waals surface area contributed by atoms with Crippen molar-refractivity contribution in [2.75, 3.05) is 32.8 Å². The second-order valence-electron chi connectivity index (χ2n) is 17.2. The van der Waals surface area contributed by atoms with Gasteiger partial charge in [0.15, 0.2) is 11.6 Å². The summed E-state index contributed by atoms with van der Waals surface area (Å²) in [5.74, 6) is -1.68. The molecule has 2 aliphatic rings. The van der Waals surface area contributed by atoms with Gasteiger partial charge in [-0.3, -0.25) is 28.9 Å². The second kappa shape index (κ2) is 22.2. The number of carbonyl (C=O) groups is 5. The summed E-state index contributed by atoms with van der Waals surface area (Å²) < 4.78 is 5.44. The minimum Gasteiger partial charge on any atom is -0.379 e. The largest absolute Gasteiger partial charge is 0.379 e. The molecule has 1 saturated carbocycles. The van der Waals surface area contributed by atoms with Crippen LogP contribution >= 0.6 is 0 Å². The van der Waals surface area contributed by atoms with Gasteiger partial charge in [0.2, 0.25) is 11.8 Å². The number of nitrogens with zero attached hydrogens (tertiary/aromatic N) is 1. The number of morpholine rings is 1. The Kier molecular flexibility index (Phi) is 17.7. The molecule has 4 rings (SSSR count). The fourth-order valence-electron chi connectivity index (χ4n) is 7.59. The van der Waals surface area contributed by atoms with E-state index < -0.39 is 29.3 Å². The molecule has 55 heavy (non-hydrogen) atoms. The number of benzene rings is 2. The van der Waals surface area contributed by atoms with Crippen molar-refractivity contribution >= 4 is 29.2 Å². The number of ketones is 3. The highest BCUT2D eigenvalue weighted by atomic mass is 16.5. The lowest BCUT2D eigenvalue weighted by molar-refractivity contribution is -0.135. The molecule has 9 heteroatoms.